The molecule has 0 saturated carbocycles. The zero-order chi connectivity index (χ0) is 15.6. The summed E-state index contributed by atoms with van der Waals surface area (Å²) < 4.78 is 21.8. The Hall–Kier alpha value is -1.40. The molecule has 2 rings (SSSR count). The molecule has 1 aromatic carbocycles. The lowest BCUT2D eigenvalue weighted by atomic mass is 10.1. The minimum atomic E-state index is -0.720. The fraction of sp³-hybridized carbons (Fsp3) is 0.400. The van der Waals surface area contributed by atoms with Gasteiger partial charge >= 0.3 is 0 Å². The molecule has 0 amide bonds. The second-order valence-corrected chi connectivity index (χ2v) is 5.60. The molecule has 1 atom stereocenters. The van der Waals surface area contributed by atoms with E-state index in [9.17, 15) is 9.50 Å². The Labute approximate surface area is 131 Å². The van der Waals surface area contributed by atoms with Crippen molar-refractivity contribution in [2.75, 3.05) is 0 Å². The van der Waals surface area contributed by atoms with Crippen molar-refractivity contribution in [1.29, 1.82) is 0 Å². The van der Waals surface area contributed by atoms with Crippen LogP contribution in [0.15, 0.2) is 22.7 Å². The van der Waals surface area contributed by atoms with Crippen LogP contribution >= 0.6 is 15.9 Å². The van der Waals surface area contributed by atoms with Gasteiger partial charge in [-0.25, -0.2) is 4.39 Å². The fourth-order valence-electron chi connectivity index (χ4n) is 2.13. The number of hydrogen-bond acceptors (Lipinski definition) is 3. The van der Waals surface area contributed by atoms with Crippen molar-refractivity contribution in [2.24, 2.45) is 0 Å². The molecule has 0 aliphatic heterocycles. The number of benzene rings is 1. The summed E-state index contributed by atoms with van der Waals surface area (Å²) in [6.07, 6.45) is -0.720. The first kappa shape index (κ1) is 16.0. The van der Waals surface area contributed by atoms with E-state index in [1.54, 1.807) is 6.92 Å². The molecule has 4 nitrogen and oxygen atoms in total. The van der Waals surface area contributed by atoms with Crippen molar-refractivity contribution < 1.29 is 14.2 Å². The summed E-state index contributed by atoms with van der Waals surface area (Å²) in [5, 5.41) is 14.1. The third-order valence-electron chi connectivity index (χ3n) is 3.24. The minimum Gasteiger partial charge on any atom is -0.487 e. The largest absolute Gasteiger partial charge is 0.487 e. The second-order valence-electron chi connectivity index (χ2n) is 4.81. The zero-order valence-corrected chi connectivity index (χ0v) is 13.8. The molecule has 0 fully saturated rings. The van der Waals surface area contributed by atoms with Gasteiger partial charge in [-0.1, -0.05) is 0 Å². The maximum absolute atomic E-state index is 13.4. The number of aliphatic hydroxyl groups excluding tert-OH is 1. The van der Waals surface area contributed by atoms with Gasteiger partial charge in [0.25, 0.3) is 0 Å². The number of aliphatic hydroxyl groups is 1. The highest BCUT2D eigenvalue weighted by Gasteiger charge is 2.15. The van der Waals surface area contributed by atoms with E-state index in [0.717, 1.165) is 22.4 Å². The van der Waals surface area contributed by atoms with E-state index < -0.39 is 11.9 Å². The van der Waals surface area contributed by atoms with Gasteiger partial charge < -0.3 is 9.84 Å². The molecule has 2 aromatic rings. The maximum atomic E-state index is 13.4. The van der Waals surface area contributed by atoms with Crippen LogP contribution in [0, 0.1) is 12.7 Å². The number of aromatic nitrogens is 2. The number of ether oxygens (including phenoxy) is 1. The van der Waals surface area contributed by atoms with E-state index in [4.69, 9.17) is 4.74 Å². The van der Waals surface area contributed by atoms with Crippen molar-refractivity contribution in [3.63, 3.8) is 0 Å². The summed E-state index contributed by atoms with van der Waals surface area (Å²) in [6.45, 7) is 6.49. The molecule has 0 aliphatic carbocycles. The molecular weight excluding hydrogens is 339 g/mol. The molecule has 1 aromatic heterocycles. The topological polar surface area (TPSA) is 47.3 Å². The van der Waals surface area contributed by atoms with Crippen LogP contribution in [0.5, 0.6) is 5.75 Å². The summed E-state index contributed by atoms with van der Waals surface area (Å²) in [5.41, 5.74) is 2.33. The molecule has 21 heavy (non-hydrogen) atoms. The predicted octanol–water partition coefficient (Wildman–Crippen LogP) is 3.75. The van der Waals surface area contributed by atoms with Crippen molar-refractivity contribution in [3.8, 4) is 5.75 Å². The van der Waals surface area contributed by atoms with Gasteiger partial charge in [0, 0.05) is 18.2 Å². The number of aryl methyl sites for hydroxylation is 2. The Morgan fingerprint density at radius 2 is 2.19 bits per heavy atom. The third kappa shape index (κ3) is 3.44. The Morgan fingerprint density at radius 1 is 1.48 bits per heavy atom. The molecule has 6 heteroatoms. The number of nitrogens with zero attached hydrogens (tertiary/aromatic N) is 2. The summed E-state index contributed by atoms with van der Waals surface area (Å²) in [7, 11) is 0. The lowest BCUT2D eigenvalue weighted by Gasteiger charge is -2.14. The molecule has 0 saturated heterocycles. The fourth-order valence-corrected chi connectivity index (χ4v) is 2.53. The summed E-state index contributed by atoms with van der Waals surface area (Å²) >= 11 is 3.49. The molecule has 1 heterocycles. The summed E-state index contributed by atoms with van der Waals surface area (Å²) in [6, 6.07) is 4.13. The van der Waals surface area contributed by atoms with Gasteiger partial charge in [0.1, 0.15) is 18.2 Å². The standard InChI is InChI=1S/C15H18BrFN2O2/c1-4-19-13(15(16)9(2)18-19)8-21-14-7-11(17)5-6-12(14)10(3)20/h5-7,10,20H,4,8H2,1-3H3. The third-order valence-corrected chi connectivity index (χ3v) is 4.27. The highest BCUT2D eigenvalue weighted by atomic mass is 79.9. The van der Waals surface area contributed by atoms with Crippen molar-refractivity contribution in [2.45, 2.75) is 40.0 Å². The van der Waals surface area contributed by atoms with Gasteiger partial charge in [-0.05, 0) is 48.8 Å². The molecule has 0 spiro atoms. The summed E-state index contributed by atoms with van der Waals surface area (Å²) in [5.74, 6) is -0.0490. The van der Waals surface area contributed by atoms with E-state index in [-0.39, 0.29) is 6.61 Å². The van der Waals surface area contributed by atoms with Crippen LogP contribution in [-0.4, -0.2) is 14.9 Å². The van der Waals surface area contributed by atoms with Gasteiger partial charge in [-0.3, -0.25) is 4.68 Å². The van der Waals surface area contributed by atoms with Crippen molar-refractivity contribution in [1.82, 2.24) is 9.78 Å². The SMILES string of the molecule is CCn1nc(C)c(Br)c1COc1cc(F)ccc1C(C)O. The lowest BCUT2D eigenvalue weighted by Crippen LogP contribution is -2.08. The highest BCUT2D eigenvalue weighted by molar-refractivity contribution is 9.10. The molecule has 0 radical (unpaired) electrons. The van der Waals surface area contributed by atoms with Crippen LogP contribution in [-0.2, 0) is 13.2 Å². The van der Waals surface area contributed by atoms with E-state index in [1.165, 1.54) is 18.2 Å². The van der Waals surface area contributed by atoms with Crippen molar-refractivity contribution >= 4 is 15.9 Å². The van der Waals surface area contributed by atoms with Crippen LogP contribution < -0.4 is 4.74 Å². The van der Waals surface area contributed by atoms with E-state index in [1.807, 2.05) is 18.5 Å². The number of halogens is 2. The monoisotopic (exact) mass is 356 g/mol. The summed E-state index contributed by atoms with van der Waals surface area (Å²) in [4.78, 5) is 0. The molecule has 1 unspecified atom stereocenters. The average molecular weight is 357 g/mol. The first-order chi connectivity index (χ1) is 9.93. The van der Waals surface area contributed by atoms with Crippen LogP contribution in [0.25, 0.3) is 0 Å². The molecule has 0 aliphatic rings. The molecule has 114 valence electrons. The normalized spacial score (nSPS) is 12.5. The zero-order valence-electron chi connectivity index (χ0n) is 12.2. The van der Waals surface area contributed by atoms with Gasteiger partial charge in [0.2, 0.25) is 0 Å². The van der Waals surface area contributed by atoms with Crippen LogP contribution in [0.3, 0.4) is 0 Å². The Morgan fingerprint density at radius 3 is 2.81 bits per heavy atom. The van der Waals surface area contributed by atoms with E-state index in [2.05, 4.69) is 21.0 Å². The van der Waals surface area contributed by atoms with Crippen LogP contribution in [0.2, 0.25) is 0 Å². The Kier molecular flexibility index (Phi) is 5.00. The maximum Gasteiger partial charge on any atom is 0.131 e. The first-order valence-corrected chi connectivity index (χ1v) is 7.55. The molecular formula is C15H18BrFN2O2. The van der Waals surface area contributed by atoms with E-state index in [0.29, 0.717) is 11.3 Å². The van der Waals surface area contributed by atoms with Crippen molar-refractivity contribution in [3.05, 3.63) is 45.4 Å². The highest BCUT2D eigenvalue weighted by Crippen LogP contribution is 2.28. The van der Waals surface area contributed by atoms with Gasteiger partial charge in [-0.2, -0.15) is 5.10 Å². The molecule has 0 bridgehead atoms. The predicted molar refractivity (Wildman–Crippen MR) is 81.7 cm³/mol. The van der Waals surface area contributed by atoms with Crippen LogP contribution in [0.1, 0.15) is 36.9 Å². The lowest BCUT2D eigenvalue weighted by molar-refractivity contribution is 0.189. The van der Waals surface area contributed by atoms with Crippen LogP contribution in [0.4, 0.5) is 4.39 Å². The second kappa shape index (κ2) is 6.58. The van der Waals surface area contributed by atoms with Gasteiger partial charge in [-0.15, -0.1) is 0 Å². The smallest absolute Gasteiger partial charge is 0.131 e. The van der Waals surface area contributed by atoms with Gasteiger partial charge in [0.05, 0.1) is 22.0 Å². The Balaban J connectivity index is 2.26. The number of rotatable bonds is 5. The number of hydrogen-bond donors (Lipinski definition) is 1. The average Bonchev–Trinajstić information content (AvgIpc) is 2.71. The quantitative estimate of drug-likeness (QED) is 0.887. The van der Waals surface area contributed by atoms with E-state index >= 15 is 0 Å². The minimum absolute atomic E-state index is 0.248. The molecule has 1 N–H and O–H groups in total. The Bertz CT molecular complexity index is 641. The first-order valence-electron chi connectivity index (χ1n) is 6.76. The van der Waals surface area contributed by atoms with Gasteiger partial charge in [0.15, 0.2) is 0 Å².